The van der Waals surface area contributed by atoms with E-state index < -0.39 is 16.0 Å². The lowest BCUT2D eigenvalue weighted by Gasteiger charge is -2.01. The molecule has 0 radical (unpaired) electrons. The molecule has 0 unspecified atom stereocenters. The lowest BCUT2D eigenvalue weighted by atomic mass is 10.2. The lowest BCUT2D eigenvalue weighted by molar-refractivity contribution is -0.137. The molecule has 0 aliphatic rings. The minimum Gasteiger partial charge on any atom is -0.481 e. The van der Waals surface area contributed by atoms with Gasteiger partial charge in [-0.2, -0.15) is 0 Å². The Hall–Kier alpha value is -1.52. The van der Waals surface area contributed by atoms with Crippen LogP contribution in [0.2, 0.25) is 0 Å². The van der Waals surface area contributed by atoms with E-state index in [4.69, 9.17) is 5.11 Å². The summed E-state index contributed by atoms with van der Waals surface area (Å²) < 4.78 is 26.7. The van der Waals surface area contributed by atoms with Crippen LogP contribution in [0.5, 0.6) is 0 Å². The van der Waals surface area contributed by atoms with Gasteiger partial charge in [-0.25, -0.2) is 18.4 Å². The number of nitrogens with zero attached hydrogens (tertiary/aromatic N) is 2. The highest BCUT2D eigenvalue weighted by atomic mass is 32.2. The number of anilines is 1. The zero-order valence-corrected chi connectivity index (χ0v) is 13.5. The van der Waals surface area contributed by atoms with Gasteiger partial charge in [-0.3, -0.25) is 9.52 Å². The summed E-state index contributed by atoms with van der Waals surface area (Å²) >= 11 is 2.26. The largest absolute Gasteiger partial charge is 0.481 e. The molecule has 21 heavy (non-hydrogen) atoms. The Balaban J connectivity index is 2.00. The van der Waals surface area contributed by atoms with Gasteiger partial charge in [-0.1, -0.05) is 0 Å². The number of aliphatic carboxylic acids is 1. The van der Waals surface area contributed by atoms with Crippen molar-refractivity contribution in [3.8, 4) is 0 Å². The van der Waals surface area contributed by atoms with Crippen molar-refractivity contribution in [2.75, 3.05) is 4.72 Å². The summed E-state index contributed by atoms with van der Waals surface area (Å²) in [6, 6.07) is 0. The Morgan fingerprint density at radius 3 is 2.86 bits per heavy atom. The van der Waals surface area contributed by atoms with Gasteiger partial charge in [0.25, 0.3) is 10.0 Å². The standard InChI is InChI=1S/C11H13N3O4S3/c1-7-12-5-10(20-7)21(17,18)14-11-13-8(6-19-11)3-2-4-9(15)16/h5-6H,2-4H2,1H3,(H,13,14)(H,15,16). The number of rotatable bonds is 7. The Morgan fingerprint density at radius 1 is 1.48 bits per heavy atom. The van der Waals surface area contributed by atoms with E-state index in [0.29, 0.717) is 23.5 Å². The Bertz CT molecular complexity index is 735. The first-order valence-corrected chi connectivity index (χ1v) is 9.16. The Kier molecular flexibility index (Phi) is 4.91. The quantitative estimate of drug-likeness (QED) is 0.794. The van der Waals surface area contributed by atoms with Crippen molar-refractivity contribution < 1.29 is 18.3 Å². The number of aromatic nitrogens is 2. The third-order valence-corrected chi connectivity index (χ3v) is 6.11. The van der Waals surface area contributed by atoms with E-state index in [0.717, 1.165) is 11.3 Å². The number of carbonyl (C=O) groups is 1. The molecule has 0 aromatic carbocycles. The molecule has 0 aliphatic carbocycles. The Labute approximate surface area is 129 Å². The highest BCUT2D eigenvalue weighted by Crippen LogP contribution is 2.24. The van der Waals surface area contributed by atoms with Crippen molar-refractivity contribution in [2.24, 2.45) is 0 Å². The molecule has 10 heteroatoms. The predicted octanol–water partition coefficient (Wildman–Crippen LogP) is 2.12. The lowest BCUT2D eigenvalue weighted by Crippen LogP contribution is -2.11. The summed E-state index contributed by atoms with van der Waals surface area (Å²) in [6.45, 7) is 1.73. The molecular formula is C11H13N3O4S3. The molecule has 0 fully saturated rings. The summed E-state index contributed by atoms with van der Waals surface area (Å²) in [4.78, 5) is 18.5. The molecule has 114 valence electrons. The number of hydrogen-bond acceptors (Lipinski definition) is 7. The van der Waals surface area contributed by atoms with E-state index in [1.807, 2.05) is 0 Å². The van der Waals surface area contributed by atoms with Crippen LogP contribution in [0.4, 0.5) is 5.13 Å². The number of nitrogens with one attached hydrogen (secondary N) is 1. The van der Waals surface area contributed by atoms with Gasteiger partial charge in [0.1, 0.15) is 0 Å². The smallest absolute Gasteiger partial charge is 0.303 e. The summed E-state index contributed by atoms with van der Waals surface area (Å²) in [5.41, 5.74) is 0.680. The number of carboxylic acids is 1. The van der Waals surface area contributed by atoms with Crippen LogP contribution in [-0.2, 0) is 21.2 Å². The van der Waals surface area contributed by atoms with Crippen molar-refractivity contribution in [1.82, 2.24) is 9.97 Å². The predicted molar refractivity (Wildman–Crippen MR) is 80.3 cm³/mol. The van der Waals surface area contributed by atoms with Gasteiger partial charge in [-0.15, -0.1) is 22.7 Å². The second-order valence-corrected chi connectivity index (χ2v) is 8.20. The number of carboxylic acid groups (broad SMARTS) is 1. The summed E-state index contributed by atoms with van der Waals surface area (Å²) in [5.74, 6) is -0.855. The Morgan fingerprint density at radius 2 is 2.24 bits per heavy atom. The van der Waals surface area contributed by atoms with Crippen molar-refractivity contribution in [3.05, 3.63) is 22.3 Å². The molecule has 0 atom stereocenters. The number of sulfonamides is 1. The fourth-order valence-electron chi connectivity index (χ4n) is 1.52. The number of aryl methyl sites for hydroxylation is 2. The van der Waals surface area contributed by atoms with Gasteiger partial charge in [0.15, 0.2) is 9.34 Å². The van der Waals surface area contributed by atoms with Crippen molar-refractivity contribution in [1.29, 1.82) is 0 Å². The summed E-state index contributed by atoms with van der Waals surface area (Å²) in [6.07, 6.45) is 2.35. The summed E-state index contributed by atoms with van der Waals surface area (Å²) in [7, 11) is -3.65. The fraction of sp³-hybridized carbons (Fsp3) is 0.364. The third-order valence-electron chi connectivity index (χ3n) is 2.46. The monoisotopic (exact) mass is 347 g/mol. The highest BCUT2D eigenvalue weighted by molar-refractivity contribution is 7.94. The van der Waals surface area contributed by atoms with Crippen molar-refractivity contribution in [3.63, 3.8) is 0 Å². The number of hydrogen-bond donors (Lipinski definition) is 2. The first-order chi connectivity index (χ1) is 9.87. The van der Waals surface area contributed by atoms with Gasteiger partial charge in [0, 0.05) is 11.8 Å². The van der Waals surface area contributed by atoms with Crippen LogP contribution in [0.25, 0.3) is 0 Å². The topological polar surface area (TPSA) is 109 Å². The van der Waals surface area contributed by atoms with Gasteiger partial charge in [-0.05, 0) is 19.8 Å². The number of thiazole rings is 2. The molecule has 2 rings (SSSR count). The van der Waals surface area contributed by atoms with Crippen LogP contribution < -0.4 is 4.72 Å². The molecular weight excluding hydrogens is 334 g/mol. The molecule has 0 bridgehead atoms. The zero-order valence-electron chi connectivity index (χ0n) is 11.1. The highest BCUT2D eigenvalue weighted by Gasteiger charge is 2.18. The van der Waals surface area contributed by atoms with Crippen LogP contribution >= 0.6 is 22.7 Å². The molecule has 0 aliphatic heterocycles. The van der Waals surface area contributed by atoms with E-state index in [-0.39, 0.29) is 15.8 Å². The fourth-order valence-corrected chi connectivity index (χ4v) is 4.63. The van der Waals surface area contributed by atoms with Crippen molar-refractivity contribution in [2.45, 2.75) is 30.4 Å². The third kappa shape index (κ3) is 4.48. The first kappa shape index (κ1) is 15.9. The van der Waals surface area contributed by atoms with Crippen molar-refractivity contribution >= 4 is 43.8 Å². The average Bonchev–Trinajstić information content (AvgIpc) is 2.98. The van der Waals surface area contributed by atoms with Crippen LogP contribution in [0.15, 0.2) is 15.8 Å². The second-order valence-electron chi connectivity index (χ2n) is 4.20. The molecule has 0 amide bonds. The van der Waals surface area contributed by atoms with E-state index in [1.165, 1.54) is 17.5 Å². The minimum atomic E-state index is -3.65. The molecule has 2 N–H and O–H groups in total. The SMILES string of the molecule is Cc1ncc(S(=O)(=O)Nc2nc(CCCC(=O)O)cs2)s1. The molecule has 0 saturated carbocycles. The maximum Gasteiger partial charge on any atom is 0.303 e. The molecule has 0 spiro atoms. The molecule has 2 aromatic rings. The summed E-state index contributed by atoms with van der Waals surface area (Å²) in [5, 5.41) is 11.2. The van der Waals surface area contributed by atoms with Crippen LogP contribution in [0.3, 0.4) is 0 Å². The van der Waals surface area contributed by atoms with E-state index in [2.05, 4.69) is 14.7 Å². The van der Waals surface area contributed by atoms with Gasteiger partial charge in [0.05, 0.1) is 16.9 Å². The normalized spacial score (nSPS) is 11.5. The van der Waals surface area contributed by atoms with Crippen LogP contribution in [-0.4, -0.2) is 29.5 Å². The van der Waals surface area contributed by atoms with Gasteiger partial charge >= 0.3 is 5.97 Å². The first-order valence-electron chi connectivity index (χ1n) is 5.98. The second kappa shape index (κ2) is 6.50. The molecule has 2 heterocycles. The van der Waals surface area contributed by atoms with Crippen LogP contribution in [0, 0.1) is 6.92 Å². The van der Waals surface area contributed by atoms with E-state index in [1.54, 1.807) is 12.3 Å². The molecule has 7 nitrogen and oxygen atoms in total. The van der Waals surface area contributed by atoms with E-state index in [9.17, 15) is 13.2 Å². The van der Waals surface area contributed by atoms with Crippen LogP contribution in [0.1, 0.15) is 23.5 Å². The zero-order chi connectivity index (χ0) is 15.5. The molecule has 0 saturated heterocycles. The molecule has 2 aromatic heterocycles. The maximum absolute atomic E-state index is 12.1. The average molecular weight is 347 g/mol. The van der Waals surface area contributed by atoms with Gasteiger partial charge in [0.2, 0.25) is 0 Å². The minimum absolute atomic E-state index is 0.0682. The maximum atomic E-state index is 12.1. The van der Waals surface area contributed by atoms with Gasteiger partial charge < -0.3 is 5.11 Å². The van der Waals surface area contributed by atoms with E-state index >= 15 is 0 Å².